The molecule has 1 fully saturated rings. The fourth-order valence-electron chi connectivity index (χ4n) is 1.95. The van der Waals surface area contributed by atoms with Crippen molar-refractivity contribution in [1.82, 2.24) is 9.97 Å². The molecule has 1 aliphatic carbocycles. The van der Waals surface area contributed by atoms with E-state index < -0.39 is 0 Å². The highest BCUT2D eigenvalue weighted by Crippen LogP contribution is 2.30. The molecule has 1 aliphatic rings. The van der Waals surface area contributed by atoms with E-state index in [4.69, 9.17) is 10.5 Å². The summed E-state index contributed by atoms with van der Waals surface area (Å²) in [7, 11) is 0. The van der Waals surface area contributed by atoms with Crippen LogP contribution in [0.15, 0.2) is 6.33 Å². The van der Waals surface area contributed by atoms with Crippen LogP contribution in [0.25, 0.3) is 0 Å². The molecule has 0 aromatic carbocycles. The smallest absolute Gasteiger partial charge is 0.242 e. The first-order chi connectivity index (χ1) is 8.31. The molecule has 1 aromatic rings. The van der Waals surface area contributed by atoms with Crippen molar-refractivity contribution in [3.05, 3.63) is 6.33 Å². The van der Waals surface area contributed by atoms with Crippen LogP contribution in [0.2, 0.25) is 0 Å². The Balaban J connectivity index is 1.87. The minimum atomic E-state index is 0.466. The number of nitrogens with zero attached hydrogens (tertiary/aromatic N) is 2. The van der Waals surface area contributed by atoms with Gasteiger partial charge in [-0.25, -0.2) is 4.98 Å². The zero-order chi connectivity index (χ0) is 12.1. The van der Waals surface area contributed by atoms with Crippen molar-refractivity contribution in [2.24, 2.45) is 5.92 Å². The van der Waals surface area contributed by atoms with Crippen LogP contribution in [0, 0.1) is 5.92 Å². The zero-order valence-electron chi connectivity index (χ0n) is 10.3. The van der Waals surface area contributed by atoms with Crippen LogP contribution < -0.4 is 15.8 Å². The Kier molecular flexibility index (Phi) is 4.01. The maximum Gasteiger partial charge on any atom is 0.242 e. The van der Waals surface area contributed by atoms with E-state index in [0.717, 1.165) is 12.5 Å². The summed E-state index contributed by atoms with van der Waals surface area (Å²) in [6.45, 7) is 3.38. The maximum absolute atomic E-state index is 5.92. The molecule has 2 rings (SSSR count). The Morgan fingerprint density at radius 2 is 2.29 bits per heavy atom. The van der Waals surface area contributed by atoms with E-state index >= 15 is 0 Å². The SMILES string of the molecule is CCOc1ncnc(NCCC2CCC2)c1N. The number of aromatic nitrogens is 2. The van der Waals surface area contributed by atoms with Gasteiger partial charge in [-0.1, -0.05) is 19.3 Å². The van der Waals surface area contributed by atoms with Gasteiger partial charge in [0.2, 0.25) is 5.88 Å². The number of nitrogens with one attached hydrogen (secondary N) is 1. The molecule has 17 heavy (non-hydrogen) atoms. The summed E-state index contributed by atoms with van der Waals surface area (Å²) in [5, 5.41) is 3.25. The van der Waals surface area contributed by atoms with E-state index in [1.165, 1.54) is 32.0 Å². The van der Waals surface area contributed by atoms with Crippen LogP contribution in [-0.4, -0.2) is 23.1 Å². The largest absolute Gasteiger partial charge is 0.476 e. The van der Waals surface area contributed by atoms with Crippen LogP contribution in [0.5, 0.6) is 5.88 Å². The van der Waals surface area contributed by atoms with E-state index in [1.807, 2.05) is 6.92 Å². The number of hydrogen-bond donors (Lipinski definition) is 2. The molecule has 1 heterocycles. The minimum Gasteiger partial charge on any atom is -0.476 e. The van der Waals surface area contributed by atoms with Gasteiger partial charge in [0.25, 0.3) is 0 Å². The minimum absolute atomic E-state index is 0.466. The predicted octanol–water partition coefficient (Wildman–Crippen LogP) is 2.06. The lowest BCUT2D eigenvalue weighted by molar-refractivity contribution is 0.303. The number of nitrogen functional groups attached to an aromatic ring is 1. The average Bonchev–Trinajstić information content (AvgIpc) is 2.27. The Labute approximate surface area is 102 Å². The lowest BCUT2D eigenvalue weighted by atomic mass is 9.83. The second kappa shape index (κ2) is 5.70. The number of rotatable bonds is 6. The van der Waals surface area contributed by atoms with Crippen LogP contribution in [0.3, 0.4) is 0 Å². The molecule has 5 nitrogen and oxygen atoms in total. The van der Waals surface area contributed by atoms with Gasteiger partial charge >= 0.3 is 0 Å². The highest BCUT2D eigenvalue weighted by atomic mass is 16.5. The Bertz CT molecular complexity index is 366. The molecule has 0 aliphatic heterocycles. The third-order valence-corrected chi connectivity index (χ3v) is 3.20. The molecule has 94 valence electrons. The van der Waals surface area contributed by atoms with Gasteiger partial charge in [0.1, 0.15) is 12.0 Å². The summed E-state index contributed by atoms with van der Waals surface area (Å²) in [6, 6.07) is 0. The first-order valence-electron chi connectivity index (χ1n) is 6.28. The average molecular weight is 236 g/mol. The van der Waals surface area contributed by atoms with Crippen LogP contribution in [-0.2, 0) is 0 Å². The van der Waals surface area contributed by atoms with Crippen molar-refractivity contribution in [3.63, 3.8) is 0 Å². The van der Waals surface area contributed by atoms with Crippen molar-refractivity contribution in [1.29, 1.82) is 0 Å². The normalized spacial score (nSPS) is 15.4. The third-order valence-electron chi connectivity index (χ3n) is 3.20. The van der Waals surface area contributed by atoms with Gasteiger partial charge in [0.05, 0.1) is 6.61 Å². The van der Waals surface area contributed by atoms with Crippen LogP contribution in [0.4, 0.5) is 11.5 Å². The molecular weight excluding hydrogens is 216 g/mol. The summed E-state index contributed by atoms with van der Waals surface area (Å²) in [4.78, 5) is 8.14. The first kappa shape index (κ1) is 12.0. The van der Waals surface area contributed by atoms with Gasteiger partial charge in [-0.05, 0) is 19.3 Å². The number of hydrogen-bond acceptors (Lipinski definition) is 5. The Morgan fingerprint density at radius 3 is 2.94 bits per heavy atom. The number of anilines is 2. The monoisotopic (exact) mass is 236 g/mol. The first-order valence-corrected chi connectivity index (χ1v) is 6.28. The van der Waals surface area contributed by atoms with Crippen molar-refractivity contribution in [3.8, 4) is 5.88 Å². The topological polar surface area (TPSA) is 73.1 Å². The Morgan fingerprint density at radius 1 is 1.47 bits per heavy atom. The summed E-state index contributed by atoms with van der Waals surface area (Å²) in [5.74, 6) is 2.04. The van der Waals surface area contributed by atoms with Gasteiger partial charge in [-0.15, -0.1) is 0 Å². The second-order valence-corrected chi connectivity index (χ2v) is 4.39. The molecule has 0 amide bonds. The molecule has 0 unspecified atom stereocenters. The molecule has 3 N–H and O–H groups in total. The molecule has 5 heteroatoms. The van der Waals surface area contributed by atoms with Gasteiger partial charge in [-0.3, -0.25) is 0 Å². The van der Waals surface area contributed by atoms with E-state index in [2.05, 4.69) is 15.3 Å². The predicted molar refractivity (Wildman–Crippen MR) is 68.1 cm³/mol. The quantitative estimate of drug-likeness (QED) is 0.791. The van der Waals surface area contributed by atoms with Crippen molar-refractivity contribution >= 4 is 11.5 Å². The molecule has 0 spiro atoms. The van der Waals surface area contributed by atoms with E-state index in [0.29, 0.717) is 24.0 Å². The third kappa shape index (κ3) is 2.99. The molecule has 0 saturated heterocycles. The molecule has 0 bridgehead atoms. The lowest BCUT2D eigenvalue weighted by Gasteiger charge is -2.25. The van der Waals surface area contributed by atoms with E-state index in [9.17, 15) is 0 Å². The van der Waals surface area contributed by atoms with Crippen LogP contribution in [0.1, 0.15) is 32.6 Å². The molecule has 1 saturated carbocycles. The summed E-state index contributed by atoms with van der Waals surface area (Å²) in [5.41, 5.74) is 6.42. The van der Waals surface area contributed by atoms with Crippen molar-refractivity contribution < 1.29 is 4.74 Å². The van der Waals surface area contributed by atoms with Crippen LogP contribution >= 0.6 is 0 Å². The summed E-state index contributed by atoms with van der Waals surface area (Å²) < 4.78 is 5.32. The lowest BCUT2D eigenvalue weighted by Crippen LogP contribution is -2.16. The fraction of sp³-hybridized carbons (Fsp3) is 0.667. The highest BCUT2D eigenvalue weighted by molar-refractivity contribution is 5.66. The second-order valence-electron chi connectivity index (χ2n) is 4.39. The molecule has 1 aromatic heterocycles. The number of nitrogens with two attached hydrogens (primary N) is 1. The number of ether oxygens (including phenoxy) is 1. The van der Waals surface area contributed by atoms with Gasteiger partial charge < -0.3 is 15.8 Å². The highest BCUT2D eigenvalue weighted by Gasteiger charge is 2.17. The molecular formula is C12H20N4O. The van der Waals surface area contributed by atoms with Crippen molar-refractivity contribution in [2.45, 2.75) is 32.6 Å². The van der Waals surface area contributed by atoms with E-state index in [1.54, 1.807) is 0 Å². The molecule has 0 radical (unpaired) electrons. The van der Waals surface area contributed by atoms with Crippen molar-refractivity contribution in [2.75, 3.05) is 24.2 Å². The van der Waals surface area contributed by atoms with Gasteiger partial charge in [-0.2, -0.15) is 4.98 Å². The Hall–Kier alpha value is -1.52. The van der Waals surface area contributed by atoms with Gasteiger partial charge in [0, 0.05) is 6.54 Å². The fourth-order valence-corrected chi connectivity index (χ4v) is 1.95. The summed E-state index contributed by atoms with van der Waals surface area (Å²) in [6.07, 6.45) is 6.78. The van der Waals surface area contributed by atoms with E-state index in [-0.39, 0.29) is 0 Å². The molecule has 0 atom stereocenters. The standard InChI is InChI=1S/C12H20N4O/c1-2-17-12-10(13)11(15-8-16-12)14-7-6-9-4-3-5-9/h8-9H,2-7,13H2,1H3,(H,14,15,16). The maximum atomic E-state index is 5.92. The summed E-state index contributed by atoms with van der Waals surface area (Å²) >= 11 is 0. The van der Waals surface area contributed by atoms with Gasteiger partial charge in [0.15, 0.2) is 5.82 Å². The zero-order valence-corrected chi connectivity index (χ0v) is 10.3.